The summed E-state index contributed by atoms with van der Waals surface area (Å²) in [6.45, 7) is 3.83. The Hall–Kier alpha value is -2.70. The fraction of sp³-hybridized carbons (Fsp3) is 0.375. The zero-order valence-electron chi connectivity index (χ0n) is 13.4. The number of rotatable bonds is 6. The molecule has 23 heavy (non-hydrogen) atoms. The number of carboxylic acids is 1. The molecule has 2 aromatic rings. The van der Waals surface area contributed by atoms with E-state index in [0.29, 0.717) is 17.8 Å². The smallest absolute Gasteiger partial charge is 0.326 e. The Morgan fingerprint density at radius 3 is 2.39 bits per heavy atom. The summed E-state index contributed by atoms with van der Waals surface area (Å²) in [4.78, 5) is 27.5. The minimum absolute atomic E-state index is 0.175. The molecule has 1 heterocycles. The molecule has 0 saturated heterocycles. The number of hydrogen-bond donors (Lipinski definition) is 2. The molecule has 0 radical (unpaired) electrons. The van der Waals surface area contributed by atoms with Gasteiger partial charge in [-0.25, -0.2) is 9.78 Å². The summed E-state index contributed by atoms with van der Waals surface area (Å²) in [5.41, 5.74) is 1.19. The minimum atomic E-state index is -1.03. The van der Waals surface area contributed by atoms with Gasteiger partial charge in [-0.1, -0.05) is 26.0 Å². The Morgan fingerprint density at radius 2 is 1.91 bits per heavy atom. The lowest BCUT2D eigenvalue weighted by Gasteiger charge is -2.16. The van der Waals surface area contributed by atoms with E-state index in [1.54, 1.807) is 42.3 Å². The molecule has 1 aromatic carbocycles. The van der Waals surface area contributed by atoms with Crippen molar-refractivity contribution in [2.75, 3.05) is 0 Å². The van der Waals surface area contributed by atoms with Crippen LogP contribution < -0.4 is 5.32 Å². The van der Waals surface area contributed by atoms with E-state index >= 15 is 0 Å². The van der Waals surface area contributed by atoms with Gasteiger partial charge in [0, 0.05) is 18.2 Å². The van der Waals surface area contributed by atoms with Gasteiger partial charge in [0.2, 0.25) is 0 Å². The normalized spacial score (nSPS) is 12.2. The summed E-state index contributed by atoms with van der Waals surface area (Å²) in [5, 5.41) is 15.9. The predicted molar refractivity (Wildman–Crippen MR) is 84.8 cm³/mol. The van der Waals surface area contributed by atoms with Crippen LogP contribution >= 0.6 is 0 Å². The number of carbonyl (C=O) groups is 2. The fourth-order valence-electron chi connectivity index (χ4n) is 2.18. The number of aliphatic carboxylic acids is 1. The van der Waals surface area contributed by atoms with Crippen molar-refractivity contribution in [3.05, 3.63) is 36.2 Å². The fourth-order valence-corrected chi connectivity index (χ4v) is 2.18. The Bertz CT molecular complexity index is 692. The van der Waals surface area contributed by atoms with Crippen molar-refractivity contribution in [2.24, 2.45) is 13.0 Å². The van der Waals surface area contributed by atoms with E-state index in [1.165, 1.54) is 0 Å². The zero-order valence-corrected chi connectivity index (χ0v) is 13.4. The van der Waals surface area contributed by atoms with Gasteiger partial charge in [0.25, 0.3) is 5.91 Å². The van der Waals surface area contributed by atoms with E-state index in [1.807, 2.05) is 13.8 Å². The first-order valence-electron chi connectivity index (χ1n) is 7.36. The highest BCUT2D eigenvalue weighted by Crippen LogP contribution is 2.15. The average Bonchev–Trinajstić information content (AvgIpc) is 2.92. The first-order valence-corrected chi connectivity index (χ1v) is 7.36. The SMILES string of the molecule is CC(C)CC(NC(=O)c1ccc(-c2ncn(C)n2)cc1)C(=O)O. The molecule has 1 aromatic heterocycles. The molecule has 122 valence electrons. The van der Waals surface area contributed by atoms with Crippen molar-refractivity contribution in [3.63, 3.8) is 0 Å². The maximum atomic E-state index is 12.2. The molecule has 1 amide bonds. The number of hydrogen-bond acceptors (Lipinski definition) is 4. The van der Waals surface area contributed by atoms with Gasteiger partial charge in [-0.15, -0.1) is 0 Å². The molecule has 2 rings (SSSR count). The second-order valence-electron chi connectivity index (χ2n) is 5.81. The molecule has 1 atom stereocenters. The van der Waals surface area contributed by atoms with Crippen LogP contribution in [0.4, 0.5) is 0 Å². The standard InChI is InChI=1S/C16H20N4O3/c1-10(2)8-13(16(22)23)18-15(21)12-6-4-11(5-7-12)14-17-9-20(3)19-14/h4-7,9-10,13H,8H2,1-3H3,(H,18,21)(H,22,23). The van der Waals surface area contributed by atoms with Gasteiger partial charge in [-0.05, 0) is 24.5 Å². The van der Waals surface area contributed by atoms with Crippen LogP contribution in [0.2, 0.25) is 0 Å². The van der Waals surface area contributed by atoms with Crippen LogP contribution in [0.1, 0.15) is 30.6 Å². The summed E-state index contributed by atoms with van der Waals surface area (Å²) >= 11 is 0. The first-order chi connectivity index (χ1) is 10.9. The van der Waals surface area contributed by atoms with Gasteiger partial charge in [-0.3, -0.25) is 9.48 Å². The van der Waals surface area contributed by atoms with Crippen LogP contribution in [0, 0.1) is 5.92 Å². The average molecular weight is 316 g/mol. The number of nitrogens with one attached hydrogen (secondary N) is 1. The Kier molecular flexibility index (Phi) is 5.10. The monoisotopic (exact) mass is 316 g/mol. The summed E-state index contributed by atoms with van der Waals surface area (Å²) < 4.78 is 1.60. The Morgan fingerprint density at radius 1 is 1.26 bits per heavy atom. The van der Waals surface area contributed by atoms with Crippen molar-refractivity contribution in [3.8, 4) is 11.4 Å². The van der Waals surface area contributed by atoms with E-state index in [9.17, 15) is 14.7 Å². The third-order valence-electron chi connectivity index (χ3n) is 3.32. The lowest BCUT2D eigenvalue weighted by atomic mass is 10.0. The largest absolute Gasteiger partial charge is 0.480 e. The molecule has 0 aliphatic carbocycles. The third kappa shape index (κ3) is 4.38. The highest BCUT2D eigenvalue weighted by Gasteiger charge is 2.21. The van der Waals surface area contributed by atoms with Crippen LogP contribution in [-0.4, -0.2) is 37.8 Å². The second-order valence-corrected chi connectivity index (χ2v) is 5.81. The van der Waals surface area contributed by atoms with Crippen LogP contribution in [0.3, 0.4) is 0 Å². The van der Waals surface area contributed by atoms with Crippen molar-refractivity contribution < 1.29 is 14.7 Å². The summed E-state index contributed by atoms with van der Waals surface area (Å²) in [7, 11) is 1.78. The second kappa shape index (κ2) is 7.04. The van der Waals surface area contributed by atoms with Crippen LogP contribution in [0.5, 0.6) is 0 Å². The quantitative estimate of drug-likeness (QED) is 0.845. The molecule has 0 aliphatic rings. The van der Waals surface area contributed by atoms with Crippen LogP contribution in [0.25, 0.3) is 11.4 Å². The molecular weight excluding hydrogens is 296 g/mol. The molecule has 0 bridgehead atoms. The van der Waals surface area contributed by atoms with E-state index in [0.717, 1.165) is 5.56 Å². The van der Waals surface area contributed by atoms with Crippen molar-refractivity contribution >= 4 is 11.9 Å². The number of benzene rings is 1. The van der Waals surface area contributed by atoms with Crippen LogP contribution in [-0.2, 0) is 11.8 Å². The highest BCUT2D eigenvalue weighted by atomic mass is 16.4. The minimum Gasteiger partial charge on any atom is -0.480 e. The van der Waals surface area contributed by atoms with Crippen molar-refractivity contribution in [2.45, 2.75) is 26.3 Å². The lowest BCUT2D eigenvalue weighted by molar-refractivity contribution is -0.139. The number of carboxylic acid groups (broad SMARTS) is 1. The zero-order chi connectivity index (χ0) is 17.0. The molecule has 2 N–H and O–H groups in total. The number of amides is 1. The third-order valence-corrected chi connectivity index (χ3v) is 3.32. The highest BCUT2D eigenvalue weighted by molar-refractivity contribution is 5.96. The van der Waals surface area contributed by atoms with Gasteiger partial charge in [0.1, 0.15) is 12.4 Å². The van der Waals surface area contributed by atoms with E-state index in [-0.39, 0.29) is 5.92 Å². The van der Waals surface area contributed by atoms with E-state index in [2.05, 4.69) is 15.4 Å². The number of nitrogens with zero attached hydrogens (tertiary/aromatic N) is 3. The van der Waals surface area contributed by atoms with E-state index < -0.39 is 17.9 Å². The summed E-state index contributed by atoms with van der Waals surface area (Å²) in [5.74, 6) is -0.684. The summed E-state index contributed by atoms with van der Waals surface area (Å²) in [6.07, 6.45) is 1.98. The van der Waals surface area contributed by atoms with Gasteiger partial charge in [-0.2, -0.15) is 5.10 Å². The van der Waals surface area contributed by atoms with Crippen molar-refractivity contribution in [1.29, 1.82) is 0 Å². The van der Waals surface area contributed by atoms with Gasteiger partial charge < -0.3 is 10.4 Å². The lowest BCUT2D eigenvalue weighted by Crippen LogP contribution is -2.41. The molecule has 7 heteroatoms. The molecule has 0 saturated carbocycles. The Labute approximate surface area is 134 Å². The maximum absolute atomic E-state index is 12.2. The van der Waals surface area contributed by atoms with E-state index in [4.69, 9.17) is 0 Å². The summed E-state index contributed by atoms with van der Waals surface area (Å²) in [6, 6.07) is 5.86. The number of aryl methyl sites for hydroxylation is 1. The molecule has 1 unspecified atom stereocenters. The molecule has 0 aliphatic heterocycles. The predicted octanol–water partition coefficient (Wildman–Crippen LogP) is 1.71. The molecule has 0 fully saturated rings. The van der Waals surface area contributed by atoms with Gasteiger partial charge in [0.05, 0.1) is 0 Å². The first kappa shape index (κ1) is 16.7. The van der Waals surface area contributed by atoms with Crippen molar-refractivity contribution in [1.82, 2.24) is 20.1 Å². The molecule has 0 spiro atoms. The molecule has 7 nitrogen and oxygen atoms in total. The van der Waals surface area contributed by atoms with Gasteiger partial charge >= 0.3 is 5.97 Å². The molecular formula is C16H20N4O3. The topological polar surface area (TPSA) is 97.1 Å². The van der Waals surface area contributed by atoms with Gasteiger partial charge in [0.15, 0.2) is 5.82 Å². The Balaban J connectivity index is 2.09. The van der Waals surface area contributed by atoms with Crippen LogP contribution in [0.15, 0.2) is 30.6 Å². The maximum Gasteiger partial charge on any atom is 0.326 e. The number of carbonyl (C=O) groups excluding carboxylic acids is 1. The number of aromatic nitrogens is 3.